The molecule has 5 nitrogen and oxygen atoms in total. The van der Waals surface area contributed by atoms with Crippen LogP contribution in [-0.2, 0) is 11.3 Å². The maximum Gasteiger partial charge on any atom is 0.325 e. The highest BCUT2D eigenvalue weighted by molar-refractivity contribution is 5.66. The summed E-state index contributed by atoms with van der Waals surface area (Å²) in [6, 6.07) is 0. The summed E-state index contributed by atoms with van der Waals surface area (Å²) in [6.45, 7) is 2.75. The van der Waals surface area contributed by atoms with Crippen molar-refractivity contribution in [2.24, 2.45) is 5.92 Å². The molecule has 2 N–H and O–H groups in total. The molecule has 0 aliphatic carbocycles. The maximum absolute atomic E-state index is 11.3. The van der Waals surface area contributed by atoms with Gasteiger partial charge in [0.1, 0.15) is 0 Å². The fourth-order valence-electron chi connectivity index (χ4n) is 2.02. The average molecular weight is 240 g/mol. The Kier molecular flexibility index (Phi) is 5.52. The first-order valence-electron chi connectivity index (χ1n) is 6.09. The monoisotopic (exact) mass is 240 g/mol. The van der Waals surface area contributed by atoms with Crippen molar-refractivity contribution in [1.82, 2.24) is 9.55 Å². The molecule has 0 radical (unpaired) electrons. The molecular formula is C12H20N2O3. The van der Waals surface area contributed by atoms with Gasteiger partial charge in [-0.2, -0.15) is 0 Å². The first-order chi connectivity index (χ1) is 8.13. The molecule has 0 bridgehead atoms. The SMILES string of the molecule is CCCC(CCC(=O)O)CCn1cc[nH]c1=O. The van der Waals surface area contributed by atoms with Gasteiger partial charge >= 0.3 is 11.7 Å². The minimum Gasteiger partial charge on any atom is -0.481 e. The fourth-order valence-corrected chi connectivity index (χ4v) is 2.02. The van der Waals surface area contributed by atoms with Gasteiger partial charge in [-0.15, -0.1) is 0 Å². The number of hydrogen-bond acceptors (Lipinski definition) is 2. The number of aromatic amines is 1. The van der Waals surface area contributed by atoms with E-state index < -0.39 is 5.97 Å². The van der Waals surface area contributed by atoms with Crippen molar-refractivity contribution in [2.75, 3.05) is 0 Å². The molecule has 0 fully saturated rings. The molecule has 17 heavy (non-hydrogen) atoms. The maximum atomic E-state index is 11.3. The summed E-state index contributed by atoms with van der Waals surface area (Å²) in [5, 5.41) is 8.67. The smallest absolute Gasteiger partial charge is 0.325 e. The van der Waals surface area contributed by atoms with Crippen LogP contribution in [0.3, 0.4) is 0 Å². The van der Waals surface area contributed by atoms with Crippen molar-refractivity contribution < 1.29 is 9.90 Å². The van der Waals surface area contributed by atoms with Gasteiger partial charge in [0.05, 0.1) is 0 Å². The molecule has 1 aromatic rings. The Morgan fingerprint density at radius 1 is 1.47 bits per heavy atom. The number of carboxylic acids is 1. The zero-order valence-electron chi connectivity index (χ0n) is 10.2. The largest absolute Gasteiger partial charge is 0.481 e. The third kappa shape index (κ3) is 4.89. The number of nitrogens with zero attached hydrogens (tertiary/aromatic N) is 1. The van der Waals surface area contributed by atoms with Gasteiger partial charge in [-0.25, -0.2) is 4.79 Å². The molecule has 1 heterocycles. The summed E-state index contributed by atoms with van der Waals surface area (Å²) in [7, 11) is 0. The van der Waals surface area contributed by atoms with Crippen LogP contribution in [0.25, 0.3) is 0 Å². The van der Waals surface area contributed by atoms with Crippen LogP contribution in [0.1, 0.15) is 39.0 Å². The standard InChI is InChI=1S/C12H20N2O3/c1-2-3-10(4-5-11(15)16)6-8-14-9-7-13-12(14)17/h7,9-10H,2-6,8H2,1H3,(H,13,17)(H,15,16). The highest BCUT2D eigenvalue weighted by Crippen LogP contribution is 2.18. The van der Waals surface area contributed by atoms with Gasteiger partial charge in [0, 0.05) is 25.4 Å². The van der Waals surface area contributed by atoms with E-state index in [0.29, 0.717) is 18.9 Å². The van der Waals surface area contributed by atoms with E-state index in [-0.39, 0.29) is 12.1 Å². The van der Waals surface area contributed by atoms with E-state index in [1.54, 1.807) is 17.0 Å². The van der Waals surface area contributed by atoms with Crippen LogP contribution in [-0.4, -0.2) is 20.6 Å². The predicted octanol–water partition coefficient (Wildman–Crippen LogP) is 1.85. The second kappa shape index (κ2) is 6.93. The van der Waals surface area contributed by atoms with Crippen molar-refractivity contribution in [3.05, 3.63) is 22.9 Å². The minimum atomic E-state index is -0.745. The summed E-state index contributed by atoms with van der Waals surface area (Å²) in [5.74, 6) is -0.359. The first kappa shape index (κ1) is 13.5. The molecule has 1 unspecified atom stereocenters. The summed E-state index contributed by atoms with van der Waals surface area (Å²) in [5.41, 5.74) is -0.0986. The zero-order chi connectivity index (χ0) is 12.7. The Morgan fingerprint density at radius 3 is 2.76 bits per heavy atom. The molecule has 0 saturated carbocycles. The van der Waals surface area contributed by atoms with Gasteiger partial charge in [-0.1, -0.05) is 19.8 Å². The van der Waals surface area contributed by atoms with Crippen molar-refractivity contribution in [1.29, 1.82) is 0 Å². The van der Waals surface area contributed by atoms with Gasteiger partial charge in [0.2, 0.25) is 0 Å². The Hall–Kier alpha value is -1.52. The van der Waals surface area contributed by atoms with E-state index in [0.717, 1.165) is 19.3 Å². The van der Waals surface area contributed by atoms with Gasteiger partial charge < -0.3 is 10.1 Å². The lowest BCUT2D eigenvalue weighted by molar-refractivity contribution is -0.137. The molecule has 96 valence electrons. The number of aryl methyl sites for hydroxylation is 1. The highest BCUT2D eigenvalue weighted by atomic mass is 16.4. The second-order valence-electron chi connectivity index (χ2n) is 4.33. The van der Waals surface area contributed by atoms with Crippen molar-refractivity contribution in [3.63, 3.8) is 0 Å². The Balaban J connectivity index is 2.41. The number of aromatic nitrogens is 2. The molecule has 0 aliphatic rings. The summed E-state index contributed by atoms with van der Waals surface area (Å²) in [6.07, 6.45) is 7.18. The van der Waals surface area contributed by atoms with Crippen LogP contribution in [0.4, 0.5) is 0 Å². The lowest BCUT2D eigenvalue weighted by atomic mass is 9.94. The molecule has 0 amide bonds. The Bertz CT molecular complexity index is 394. The summed E-state index contributed by atoms with van der Waals surface area (Å²) in [4.78, 5) is 24.4. The molecule has 0 saturated heterocycles. The number of hydrogen-bond donors (Lipinski definition) is 2. The number of imidazole rings is 1. The molecular weight excluding hydrogens is 220 g/mol. The molecule has 0 spiro atoms. The van der Waals surface area contributed by atoms with Gasteiger partial charge in [-0.05, 0) is 18.8 Å². The Morgan fingerprint density at radius 2 is 2.24 bits per heavy atom. The van der Waals surface area contributed by atoms with E-state index >= 15 is 0 Å². The van der Waals surface area contributed by atoms with Crippen molar-refractivity contribution in [2.45, 2.75) is 45.6 Å². The topological polar surface area (TPSA) is 75.1 Å². The van der Waals surface area contributed by atoms with E-state index in [1.165, 1.54) is 0 Å². The van der Waals surface area contributed by atoms with Gasteiger partial charge in [0.15, 0.2) is 0 Å². The van der Waals surface area contributed by atoms with E-state index in [1.807, 2.05) is 0 Å². The molecule has 1 rings (SSSR count). The zero-order valence-corrected chi connectivity index (χ0v) is 10.2. The second-order valence-corrected chi connectivity index (χ2v) is 4.33. The Labute approximate surface area is 100 Å². The van der Waals surface area contributed by atoms with Crippen LogP contribution >= 0.6 is 0 Å². The minimum absolute atomic E-state index is 0.0986. The highest BCUT2D eigenvalue weighted by Gasteiger charge is 2.10. The average Bonchev–Trinajstić information content (AvgIpc) is 2.68. The van der Waals surface area contributed by atoms with Crippen LogP contribution in [0.5, 0.6) is 0 Å². The van der Waals surface area contributed by atoms with Crippen molar-refractivity contribution >= 4 is 5.97 Å². The van der Waals surface area contributed by atoms with E-state index in [2.05, 4.69) is 11.9 Å². The molecule has 0 aromatic carbocycles. The first-order valence-corrected chi connectivity index (χ1v) is 6.09. The van der Waals surface area contributed by atoms with E-state index in [9.17, 15) is 9.59 Å². The van der Waals surface area contributed by atoms with Gasteiger partial charge in [-0.3, -0.25) is 9.36 Å². The predicted molar refractivity (Wildman–Crippen MR) is 64.9 cm³/mol. The number of carbonyl (C=O) groups is 1. The number of H-pyrrole nitrogens is 1. The third-order valence-electron chi connectivity index (χ3n) is 2.96. The normalized spacial score (nSPS) is 12.5. The van der Waals surface area contributed by atoms with Gasteiger partial charge in [0.25, 0.3) is 0 Å². The number of carboxylic acid groups (broad SMARTS) is 1. The lowest BCUT2D eigenvalue weighted by Gasteiger charge is -2.14. The molecule has 5 heteroatoms. The van der Waals surface area contributed by atoms with Crippen LogP contribution in [0.15, 0.2) is 17.2 Å². The fraction of sp³-hybridized carbons (Fsp3) is 0.667. The third-order valence-corrected chi connectivity index (χ3v) is 2.96. The quantitative estimate of drug-likeness (QED) is 0.728. The van der Waals surface area contributed by atoms with Crippen molar-refractivity contribution in [3.8, 4) is 0 Å². The number of nitrogens with one attached hydrogen (secondary N) is 1. The number of aliphatic carboxylic acids is 1. The number of rotatable bonds is 8. The lowest BCUT2D eigenvalue weighted by Crippen LogP contribution is -2.18. The van der Waals surface area contributed by atoms with Crippen LogP contribution in [0, 0.1) is 5.92 Å². The van der Waals surface area contributed by atoms with Crippen LogP contribution in [0.2, 0.25) is 0 Å². The van der Waals surface area contributed by atoms with E-state index in [4.69, 9.17) is 5.11 Å². The molecule has 1 atom stereocenters. The summed E-state index contributed by atoms with van der Waals surface area (Å²) >= 11 is 0. The summed E-state index contributed by atoms with van der Waals surface area (Å²) < 4.78 is 1.63. The van der Waals surface area contributed by atoms with Crippen LogP contribution < -0.4 is 5.69 Å². The molecule has 1 aromatic heterocycles. The molecule has 0 aliphatic heterocycles.